The summed E-state index contributed by atoms with van der Waals surface area (Å²) in [5.41, 5.74) is 0.212. The Morgan fingerprint density at radius 2 is 1.32 bits per heavy atom. The van der Waals surface area contributed by atoms with Crippen LogP contribution < -0.4 is 5.32 Å². The number of hydrogen-bond acceptors (Lipinski definition) is 4. The van der Waals surface area contributed by atoms with E-state index in [2.05, 4.69) is 46.9 Å². The van der Waals surface area contributed by atoms with Crippen molar-refractivity contribution in [1.82, 2.24) is 5.32 Å². The zero-order valence-electron chi connectivity index (χ0n) is 15.7. The SMILES string of the molecule is CC(C)[C@H](C)COCCOCCOCCCCNC(C)(C)C. The highest BCUT2D eigenvalue weighted by atomic mass is 16.5. The van der Waals surface area contributed by atoms with Crippen molar-refractivity contribution in [3.05, 3.63) is 0 Å². The molecule has 1 atom stereocenters. The Morgan fingerprint density at radius 3 is 1.86 bits per heavy atom. The molecule has 0 aromatic rings. The zero-order valence-corrected chi connectivity index (χ0v) is 15.7. The summed E-state index contributed by atoms with van der Waals surface area (Å²) in [6, 6.07) is 0. The van der Waals surface area contributed by atoms with Gasteiger partial charge in [-0.3, -0.25) is 0 Å². The first-order valence-electron chi connectivity index (χ1n) is 8.81. The normalized spacial score (nSPS) is 13.8. The highest BCUT2D eigenvalue weighted by Gasteiger charge is 2.07. The van der Waals surface area contributed by atoms with Crippen LogP contribution in [0.2, 0.25) is 0 Å². The molecule has 22 heavy (non-hydrogen) atoms. The molecule has 134 valence electrons. The predicted octanol–water partition coefficient (Wildman–Crippen LogP) is 3.50. The molecule has 0 spiro atoms. The van der Waals surface area contributed by atoms with Crippen LogP contribution in [0.5, 0.6) is 0 Å². The van der Waals surface area contributed by atoms with E-state index in [1.165, 1.54) is 0 Å². The smallest absolute Gasteiger partial charge is 0.0701 e. The molecule has 0 aliphatic carbocycles. The van der Waals surface area contributed by atoms with Crippen LogP contribution >= 0.6 is 0 Å². The van der Waals surface area contributed by atoms with Crippen LogP contribution in [0.3, 0.4) is 0 Å². The molecule has 0 aliphatic rings. The Hall–Kier alpha value is -0.160. The van der Waals surface area contributed by atoms with Gasteiger partial charge in [-0.05, 0) is 52.0 Å². The van der Waals surface area contributed by atoms with Gasteiger partial charge in [0.25, 0.3) is 0 Å². The molecule has 0 saturated heterocycles. The van der Waals surface area contributed by atoms with E-state index in [1.54, 1.807) is 0 Å². The second kappa shape index (κ2) is 13.3. The fourth-order valence-electron chi connectivity index (χ4n) is 1.69. The third kappa shape index (κ3) is 16.2. The van der Waals surface area contributed by atoms with E-state index >= 15 is 0 Å². The van der Waals surface area contributed by atoms with Gasteiger partial charge in [0.15, 0.2) is 0 Å². The largest absolute Gasteiger partial charge is 0.379 e. The number of hydrogen-bond donors (Lipinski definition) is 1. The minimum Gasteiger partial charge on any atom is -0.379 e. The minimum atomic E-state index is 0.212. The molecular formula is C18H39NO3. The molecular weight excluding hydrogens is 278 g/mol. The maximum Gasteiger partial charge on any atom is 0.0701 e. The van der Waals surface area contributed by atoms with Crippen LogP contribution in [0.25, 0.3) is 0 Å². The van der Waals surface area contributed by atoms with Gasteiger partial charge in [0.1, 0.15) is 0 Å². The van der Waals surface area contributed by atoms with Crippen molar-refractivity contribution in [1.29, 1.82) is 0 Å². The van der Waals surface area contributed by atoms with Crippen molar-refractivity contribution in [2.75, 3.05) is 46.2 Å². The summed E-state index contributed by atoms with van der Waals surface area (Å²) in [7, 11) is 0. The number of rotatable bonds is 14. The highest BCUT2D eigenvalue weighted by molar-refractivity contribution is 4.69. The predicted molar refractivity (Wildman–Crippen MR) is 93.4 cm³/mol. The lowest BCUT2D eigenvalue weighted by molar-refractivity contribution is 0.00483. The van der Waals surface area contributed by atoms with Gasteiger partial charge in [0, 0.05) is 18.8 Å². The Balaban J connectivity index is 3.12. The van der Waals surface area contributed by atoms with E-state index < -0.39 is 0 Å². The van der Waals surface area contributed by atoms with Crippen molar-refractivity contribution < 1.29 is 14.2 Å². The third-order valence-electron chi connectivity index (χ3n) is 3.63. The summed E-state index contributed by atoms with van der Waals surface area (Å²) in [6.07, 6.45) is 2.25. The van der Waals surface area contributed by atoms with Crippen molar-refractivity contribution in [2.24, 2.45) is 11.8 Å². The summed E-state index contributed by atoms with van der Waals surface area (Å²) in [5.74, 6) is 1.28. The minimum absolute atomic E-state index is 0.212. The van der Waals surface area contributed by atoms with Crippen molar-refractivity contribution in [2.45, 2.75) is 59.9 Å². The van der Waals surface area contributed by atoms with Crippen molar-refractivity contribution >= 4 is 0 Å². The summed E-state index contributed by atoms with van der Waals surface area (Å²) in [4.78, 5) is 0. The van der Waals surface area contributed by atoms with Gasteiger partial charge >= 0.3 is 0 Å². The van der Waals surface area contributed by atoms with E-state index in [4.69, 9.17) is 14.2 Å². The summed E-state index contributed by atoms with van der Waals surface area (Å²) < 4.78 is 16.6. The van der Waals surface area contributed by atoms with E-state index in [1.807, 2.05) is 0 Å². The molecule has 0 aromatic heterocycles. The molecule has 0 aromatic carbocycles. The van der Waals surface area contributed by atoms with E-state index in [0.29, 0.717) is 38.3 Å². The molecule has 0 unspecified atom stereocenters. The number of nitrogens with one attached hydrogen (secondary N) is 1. The molecule has 4 heteroatoms. The van der Waals surface area contributed by atoms with Crippen LogP contribution in [-0.4, -0.2) is 51.7 Å². The van der Waals surface area contributed by atoms with Gasteiger partial charge in [0.2, 0.25) is 0 Å². The van der Waals surface area contributed by atoms with Crippen molar-refractivity contribution in [3.8, 4) is 0 Å². The summed E-state index contributed by atoms with van der Waals surface area (Å²) in [5, 5.41) is 3.47. The van der Waals surface area contributed by atoms with E-state index in [9.17, 15) is 0 Å². The van der Waals surface area contributed by atoms with Gasteiger partial charge in [-0.25, -0.2) is 0 Å². The van der Waals surface area contributed by atoms with Crippen LogP contribution in [0.4, 0.5) is 0 Å². The number of ether oxygens (including phenoxy) is 3. The van der Waals surface area contributed by atoms with Gasteiger partial charge in [-0.1, -0.05) is 20.8 Å². The van der Waals surface area contributed by atoms with E-state index in [0.717, 1.165) is 32.6 Å². The maximum atomic E-state index is 5.58. The second-order valence-corrected chi connectivity index (χ2v) is 7.40. The maximum absolute atomic E-state index is 5.58. The molecule has 0 bridgehead atoms. The molecule has 4 nitrogen and oxygen atoms in total. The summed E-state index contributed by atoms with van der Waals surface area (Å²) in [6.45, 7) is 18.6. The monoisotopic (exact) mass is 317 g/mol. The average Bonchev–Trinajstić information content (AvgIpc) is 2.42. The van der Waals surface area contributed by atoms with E-state index in [-0.39, 0.29) is 5.54 Å². The van der Waals surface area contributed by atoms with Crippen LogP contribution in [0, 0.1) is 11.8 Å². The molecule has 0 fully saturated rings. The fraction of sp³-hybridized carbons (Fsp3) is 1.00. The topological polar surface area (TPSA) is 39.7 Å². The molecule has 0 heterocycles. The molecule has 0 saturated carbocycles. The van der Waals surface area contributed by atoms with Crippen LogP contribution in [-0.2, 0) is 14.2 Å². The highest BCUT2D eigenvalue weighted by Crippen LogP contribution is 2.09. The third-order valence-corrected chi connectivity index (χ3v) is 3.63. The van der Waals surface area contributed by atoms with Gasteiger partial charge in [0.05, 0.1) is 26.4 Å². The summed E-state index contributed by atoms with van der Waals surface area (Å²) >= 11 is 0. The molecule has 1 N–H and O–H groups in total. The van der Waals surface area contributed by atoms with Crippen molar-refractivity contribution in [3.63, 3.8) is 0 Å². The lowest BCUT2D eigenvalue weighted by Crippen LogP contribution is -2.36. The lowest BCUT2D eigenvalue weighted by atomic mass is 9.99. The first kappa shape index (κ1) is 21.8. The average molecular weight is 318 g/mol. The Bertz CT molecular complexity index is 239. The van der Waals surface area contributed by atoms with Crippen LogP contribution in [0.15, 0.2) is 0 Å². The van der Waals surface area contributed by atoms with Gasteiger partial charge < -0.3 is 19.5 Å². The molecule has 0 aliphatic heterocycles. The Morgan fingerprint density at radius 1 is 0.773 bits per heavy atom. The second-order valence-electron chi connectivity index (χ2n) is 7.40. The number of unbranched alkanes of at least 4 members (excludes halogenated alkanes) is 1. The molecule has 0 radical (unpaired) electrons. The lowest BCUT2D eigenvalue weighted by Gasteiger charge is -2.20. The van der Waals surface area contributed by atoms with Gasteiger partial charge in [-0.2, -0.15) is 0 Å². The van der Waals surface area contributed by atoms with Gasteiger partial charge in [-0.15, -0.1) is 0 Å². The molecule has 0 rings (SSSR count). The fourth-order valence-corrected chi connectivity index (χ4v) is 1.69. The Kier molecular flexibility index (Phi) is 13.2. The Labute approximate surface area is 138 Å². The molecule has 0 amide bonds. The quantitative estimate of drug-likeness (QED) is 0.498. The zero-order chi connectivity index (χ0) is 16.8. The van der Waals surface area contributed by atoms with Crippen LogP contribution in [0.1, 0.15) is 54.4 Å². The first-order chi connectivity index (χ1) is 10.3. The standard InChI is InChI=1S/C18H39NO3/c1-16(2)17(3)15-22-14-13-21-12-11-20-10-8-7-9-19-18(4,5)6/h16-17,19H,7-15H2,1-6H3/t17-/m1/s1. The first-order valence-corrected chi connectivity index (χ1v) is 8.81.